The van der Waals surface area contributed by atoms with E-state index in [0.29, 0.717) is 29.2 Å². The van der Waals surface area contributed by atoms with E-state index in [-0.39, 0.29) is 30.7 Å². The maximum absolute atomic E-state index is 13.9. The number of unbranched alkanes of at least 4 members (excludes halogenated alkanes) is 1. The lowest BCUT2D eigenvalue weighted by Gasteiger charge is -2.16. The first-order valence-corrected chi connectivity index (χ1v) is 9.91. The summed E-state index contributed by atoms with van der Waals surface area (Å²) in [6.07, 6.45) is 4.22. The normalized spacial score (nSPS) is 12.2. The zero-order chi connectivity index (χ0) is 21.7. The van der Waals surface area contributed by atoms with Crippen LogP contribution in [-0.4, -0.2) is 33.0 Å². The number of rotatable bonds is 9. The van der Waals surface area contributed by atoms with Crippen LogP contribution in [0.2, 0.25) is 0 Å². The first kappa shape index (κ1) is 21.7. The Morgan fingerprint density at radius 1 is 1.30 bits per heavy atom. The Bertz CT molecular complexity index is 1040. The van der Waals surface area contributed by atoms with Crippen molar-refractivity contribution in [3.05, 3.63) is 65.1 Å². The Labute approximate surface area is 173 Å². The van der Waals surface area contributed by atoms with Gasteiger partial charge < -0.3 is 15.2 Å². The highest BCUT2D eigenvalue weighted by Crippen LogP contribution is 2.24. The van der Waals surface area contributed by atoms with Gasteiger partial charge in [-0.05, 0) is 31.5 Å². The molecule has 0 bridgehead atoms. The third kappa shape index (κ3) is 4.59. The van der Waals surface area contributed by atoms with E-state index in [1.165, 1.54) is 12.1 Å². The van der Waals surface area contributed by atoms with E-state index >= 15 is 0 Å². The summed E-state index contributed by atoms with van der Waals surface area (Å²) in [7, 11) is 0. The summed E-state index contributed by atoms with van der Waals surface area (Å²) in [5.74, 6) is -1.89. The lowest BCUT2D eigenvalue weighted by atomic mass is 10.1. The van der Waals surface area contributed by atoms with Crippen LogP contribution in [0.3, 0.4) is 0 Å². The number of imidazole rings is 1. The van der Waals surface area contributed by atoms with Gasteiger partial charge in [-0.25, -0.2) is 13.8 Å². The van der Waals surface area contributed by atoms with Crippen molar-refractivity contribution in [2.75, 3.05) is 6.61 Å². The molecule has 1 unspecified atom stereocenters. The van der Waals surface area contributed by atoms with Gasteiger partial charge in [-0.15, -0.1) is 0 Å². The minimum absolute atomic E-state index is 0.0833. The number of aliphatic hydroxyl groups excluding tert-OH is 1. The van der Waals surface area contributed by atoms with Crippen molar-refractivity contribution in [3.63, 3.8) is 0 Å². The van der Waals surface area contributed by atoms with Gasteiger partial charge >= 0.3 is 0 Å². The molecule has 3 aromatic rings. The molecule has 2 aromatic heterocycles. The van der Waals surface area contributed by atoms with E-state index in [0.717, 1.165) is 18.9 Å². The molecule has 30 heavy (non-hydrogen) atoms. The molecule has 8 heteroatoms. The third-order valence-corrected chi connectivity index (χ3v) is 4.88. The molecule has 160 valence electrons. The number of aliphatic hydroxyl groups is 1. The van der Waals surface area contributed by atoms with Crippen LogP contribution < -0.4 is 10.1 Å². The van der Waals surface area contributed by atoms with E-state index in [2.05, 4.69) is 10.3 Å². The predicted molar refractivity (Wildman–Crippen MR) is 108 cm³/mol. The monoisotopic (exact) mass is 417 g/mol. The molecule has 2 N–H and O–H groups in total. The lowest BCUT2D eigenvalue weighted by Crippen LogP contribution is -2.38. The molecular formula is C22H25F2N3O3. The fourth-order valence-corrected chi connectivity index (χ4v) is 3.27. The minimum atomic E-state index is -0.953. The fraction of sp³-hybridized carbons (Fsp3) is 0.364. The van der Waals surface area contributed by atoms with Crippen LogP contribution in [-0.2, 0) is 6.61 Å². The third-order valence-electron chi connectivity index (χ3n) is 4.88. The van der Waals surface area contributed by atoms with Gasteiger partial charge in [0.05, 0.1) is 18.3 Å². The summed E-state index contributed by atoms with van der Waals surface area (Å²) in [5, 5.41) is 12.4. The Morgan fingerprint density at radius 2 is 2.10 bits per heavy atom. The highest BCUT2D eigenvalue weighted by atomic mass is 19.2. The average molecular weight is 417 g/mol. The van der Waals surface area contributed by atoms with Crippen molar-refractivity contribution in [2.45, 2.75) is 45.8 Å². The Balaban J connectivity index is 1.84. The number of carbonyl (C=O) groups excluding carboxylic acids is 1. The topological polar surface area (TPSA) is 75.9 Å². The van der Waals surface area contributed by atoms with Gasteiger partial charge in [0.15, 0.2) is 23.0 Å². The van der Waals surface area contributed by atoms with Gasteiger partial charge in [0, 0.05) is 11.8 Å². The summed E-state index contributed by atoms with van der Waals surface area (Å²) in [4.78, 5) is 17.3. The van der Waals surface area contributed by atoms with Crippen molar-refractivity contribution in [1.29, 1.82) is 0 Å². The van der Waals surface area contributed by atoms with Crippen LogP contribution in [0.4, 0.5) is 8.78 Å². The average Bonchev–Trinajstić information content (AvgIpc) is 3.08. The molecule has 0 aliphatic heterocycles. The van der Waals surface area contributed by atoms with Crippen LogP contribution in [0.1, 0.15) is 47.9 Å². The molecule has 1 amide bonds. The van der Waals surface area contributed by atoms with E-state index in [1.807, 2.05) is 6.92 Å². The molecule has 0 saturated carbocycles. The quantitative estimate of drug-likeness (QED) is 0.556. The van der Waals surface area contributed by atoms with Gasteiger partial charge in [0.1, 0.15) is 12.3 Å². The highest BCUT2D eigenvalue weighted by Gasteiger charge is 2.21. The molecule has 3 rings (SSSR count). The number of pyridine rings is 1. The number of nitrogens with one attached hydrogen (secondary N) is 1. The number of nitrogens with zero attached hydrogens (tertiary/aromatic N) is 2. The van der Waals surface area contributed by atoms with Gasteiger partial charge in [-0.1, -0.05) is 31.9 Å². The van der Waals surface area contributed by atoms with E-state index < -0.39 is 11.6 Å². The molecule has 0 fully saturated rings. The van der Waals surface area contributed by atoms with Gasteiger partial charge in [0.25, 0.3) is 5.91 Å². The minimum Gasteiger partial charge on any atom is -0.485 e. The molecular weight excluding hydrogens is 392 g/mol. The number of aromatic nitrogens is 2. The summed E-state index contributed by atoms with van der Waals surface area (Å²) >= 11 is 0. The van der Waals surface area contributed by atoms with Crippen LogP contribution in [0, 0.1) is 18.6 Å². The largest absolute Gasteiger partial charge is 0.485 e. The van der Waals surface area contributed by atoms with Gasteiger partial charge in [0.2, 0.25) is 0 Å². The van der Waals surface area contributed by atoms with E-state index in [1.54, 1.807) is 29.7 Å². The van der Waals surface area contributed by atoms with E-state index in [9.17, 15) is 18.7 Å². The number of hydrogen-bond acceptors (Lipinski definition) is 4. The summed E-state index contributed by atoms with van der Waals surface area (Å²) < 4.78 is 34.6. The Kier molecular flexibility index (Phi) is 6.99. The maximum atomic E-state index is 13.9. The Hall–Kier alpha value is -3.00. The number of benzene rings is 1. The number of amides is 1. The second-order valence-corrected chi connectivity index (χ2v) is 7.11. The molecule has 0 saturated heterocycles. The number of halogens is 2. The van der Waals surface area contributed by atoms with Crippen molar-refractivity contribution in [1.82, 2.24) is 14.7 Å². The fourth-order valence-electron chi connectivity index (χ4n) is 3.27. The van der Waals surface area contributed by atoms with E-state index in [4.69, 9.17) is 4.74 Å². The highest BCUT2D eigenvalue weighted by molar-refractivity contribution is 5.95. The smallest absolute Gasteiger partial charge is 0.270 e. The van der Waals surface area contributed by atoms with Crippen molar-refractivity contribution in [2.24, 2.45) is 0 Å². The van der Waals surface area contributed by atoms with Crippen LogP contribution in [0.5, 0.6) is 5.75 Å². The first-order valence-electron chi connectivity index (χ1n) is 9.91. The number of carbonyl (C=O) groups is 1. The zero-order valence-corrected chi connectivity index (χ0v) is 17.0. The molecule has 0 aliphatic rings. The van der Waals surface area contributed by atoms with Crippen LogP contribution in [0.15, 0.2) is 36.5 Å². The van der Waals surface area contributed by atoms with Crippen molar-refractivity contribution in [3.8, 4) is 5.75 Å². The van der Waals surface area contributed by atoms with Gasteiger partial charge in [-0.2, -0.15) is 0 Å². The second-order valence-electron chi connectivity index (χ2n) is 7.11. The van der Waals surface area contributed by atoms with Crippen molar-refractivity contribution >= 4 is 11.6 Å². The molecule has 0 aliphatic carbocycles. The summed E-state index contributed by atoms with van der Waals surface area (Å²) in [5.41, 5.74) is 1.31. The predicted octanol–water partition coefficient (Wildman–Crippen LogP) is 3.78. The molecule has 0 spiro atoms. The molecule has 2 heterocycles. The number of aryl methyl sites for hydroxylation is 1. The molecule has 0 radical (unpaired) electrons. The van der Waals surface area contributed by atoms with Gasteiger partial charge in [-0.3, -0.25) is 9.20 Å². The summed E-state index contributed by atoms with van der Waals surface area (Å²) in [6.45, 7) is 3.43. The molecule has 6 nitrogen and oxygen atoms in total. The molecule has 1 atom stereocenters. The summed E-state index contributed by atoms with van der Waals surface area (Å²) in [6, 6.07) is 6.90. The Morgan fingerprint density at radius 3 is 2.83 bits per heavy atom. The standard InChI is InChI=1S/C22H25F2N3O3/c1-3-4-8-16(12-28)26-22(29)20-14(2)25-21-18(10-6-11-27(20)21)30-13-15-7-5-9-17(23)19(15)24/h5-7,9-11,16,28H,3-4,8,12-13H2,1-2H3,(H,26,29). The molecule has 1 aromatic carbocycles. The van der Waals surface area contributed by atoms with Crippen LogP contribution >= 0.6 is 0 Å². The maximum Gasteiger partial charge on any atom is 0.270 e. The first-order chi connectivity index (χ1) is 14.5. The number of ether oxygens (including phenoxy) is 1. The second kappa shape index (κ2) is 9.67. The zero-order valence-electron chi connectivity index (χ0n) is 17.0. The van der Waals surface area contributed by atoms with Crippen molar-refractivity contribution < 1.29 is 23.4 Å². The van der Waals surface area contributed by atoms with Crippen LogP contribution in [0.25, 0.3) is 5.65 Å². The lowest BCUT2D eigenvalue weighted by molar-refractivity contribution is 0.0905. The SMILES string of the molecule is CCCCC(CO)NC(=O)c1c(C)nc2c(OCc3cccc(F)c3F)cccn12. The number of fused-ring (bicyclic) bond motifs is 1. The number of hydrogen-bond donors (Lipinski definition) is 2.